The fourth-order valence-electron chi connectivity index (χ4n) is 0. The van der Waals surface area contributed by atoms with Crippen molar-refractivity contribution < 1.29 is 56.8 Å². The monoisotopic (exact) mass is 203 g/mol. The van der Waals surface area contributed by atoms with Gasteiger partial charge in [0.2, 0.25) is 0 Å². The van der Waals surface area contributed by atoms with Gasteiger partial charge < -0.3 is 16.4 Å². The van der Waals surface area contributed by atoms with E-state index in [0.29, 0.717) is 0 Å². The molecule has 0 aromatic carbocycles. The Hall–Kier alpha value is 1.22. The van der Waals surface area contributed by atoms with Gasteiger partial charge in [-0.25, -0.2) is 0 Å². The van der Waals surface area contributed by atoms with Gasteiger partial charge in [-0.3, -0.25) is 0 Å². The van der Waals surface area contributed by atoms with Gasteiger partial charge in [-0.2, -0.15) is 0 Å². The molecule has 0 spiro atoms. The number of hydrogen-bond donors (Lipinski definition) is 0. The Morgan fingerprint density at radius 1 is 0.500 bits per heavy atom. The SMILES string of the molecule is [OH-].[OH-].[OH-].[Sm]. The molecule has 0 heterocycles. The van der Waals surface area contributed by atoms with Gasteiger partial charge >= 0.3 is 0 Å². The first-order valence-electron chi connectivity index (χ1n) is 0. The number of rotatable bonds is 0. The third-order valence-corrected chi connectivity index (χ3v) is 0. The van der Waals surface area contributed by atoms with E-state index in [4.69, 9.17) is 0 Å². The minimum atomic E-state index is 0. The Morgan fingerprint density at radius 2 is 0.500 bits per heavy atom. The molecule has 0 radical (unpaired) electrons. The average molecular weight is 201 g/mol. The third kappa shape index (κ3) is 10.7. The van der Waals surface area contributed by atoms with Crippen LogP contribution in [0.15, 0.2) is 0 Å². The molecule has 0 aliphatic rings. The molecule has 3 N–H and O–H groups in total. The van der Waals surface area contributed by atoms with Crippen LogP contribution in [0.25, 0.3) is 0 Å². The van der Waals surface area contributed by atoms with E-state index in [1.54, 1.807) is 0 Å². The fraction of sp³-hybridized carbons (Fsp3) is 0. The van der Waals surface area contributed by atoms with Crippen molar-refractivity contribution in [3.05, 3.63) is 0 Å². The predicted molar refractivity (Wildman–Crippen MR) is 5.81 cm³/mol. The second kappa shape index (κ2) is 29.5. The van der Waals surface area contributed by atoms with Gasteiger partial charge in [-0.05, 0) is 0 Å². The third-order valence-electron chi connectivity index (χ3n) is 0. The minimum Gasteiger partial charge on any atom is -0.870 e. The molecule has 0 fully saturated rings. The first-order chi connectivity index (χ1) is 0. The van der Waals surface area contributed by atoms with Crippen LogP contribution in [-0.4, -0.2) is 16.4 Å². The van der Waals surface area contributed by atoms with Crippen molar-refractivity contribution in [2.75, 3.05) is 0 Å². The summed E-state index contributed by atoms with van der Waals surface area (Å²) >= 11 is 0. The molecule has 0 aromatic heterocycles. The molecule has 30 valence electrons. The summed E-state index contributed by atoms with van der Waals surface area (Å²) in [6.07, 6.45) is 0. The maximum atomic E-state index is 0. The molecule has 0 aliphatic heterocycles. The van der Waals surface area contributed by atoms with Gasteiger partial charge in [0, 0.05) is 40.4 Å². The second-order valence-electron chi connectivity index (χ2n) is 0. The Kier molecular flexibility index (Phi) is 461. The topological polar surface area (TPSA) is 90.0 Å². The van der Waals surface area contributed by atoms with Gasteiger partial charge in [0.25, 0.3) is 0 Å². The van der Waals surface area contributed by atoms with Gasteiger partial charge in [-0.1, -0.05) is 0 Å². The zero-order valence-electron chi connectivity index (χ0n) is 1.75. The Bertz CT molecular complexity index is 3.25. The zero-order chi connectivity index (χ0) is 0. The normalized spacial score (nSPS) is 0. The van der Waals surface area contributed by atoms with E-state index in [1.807, 2.05) is 0 Å². The second-order valence-corrected chi connectivity index (χ2v) is 0. The van der Waals surface area contributed by atoms with E-state index in [1.165, 1.54) is 0 Å². The molecule has 0 atom stereocenters. The van der Waals surface area contributed by atoms with Crippen molar-refractivity contribution in [1.82, 2.24) is 0 Å². The van der Waals surface area contributed by atoms with Crippen LogP contribution >= 0.6 is 0 Å². The van der Waals surface area contributed by atoms with Crippen LogP contribution in [-0.2, 0) is 0 Å². The summed E-state index contributed by atoms with van der Waals surface area (Å²) in [5.41, 5.74) is 0. The molecule has 0 saturated carbocycles. The Balaban J connectivity index is 0. The summed E-state index contributed by atoms with van der Waals surface area (Å²) in [6, 6.07) is 0. The van der Waals surface area contributed by atoms with Gasteiger partial charge in [0.15, 0.2) is 0 Å². The van der Waals surface area contributed by atoms with Gasteiger partial charge in [-0.15, -0.1) is 0 Å². The van der Waals surface area contributed by atoms with Crippen LogP contribution in [0, 0.1) is 40.4 Å². The minimum absolute atomic E-state index is 0. The van der Waals surface area contributed by atoms with Crippen molar-refractivity contribution >= 4 is 0 Å². The molecule has 3 nitrogen and oxygen atoms in total. The molecule has 0 aromatic rings. The average Bonchev–Trinajstić information content (AvgIpc) is 0. The molecule has 0 bridgehead atoms. The quantitative estimate of drug-likeness (QED) is 0.527. The van der Waals surface area contributed by atoms with Crippen LogP contribution in [0.1, 0.15) is 0 Å². The maximum Gasteiger partial charge on any atom is 0 e. The van der Waals surface area contributed by atoms with E-state index in [-0.39, 0.29) is 56.8 Å². The molecular formula is H3O3Sm-3. The largest absolute Gasteiger partial charge is 0.870 e. The van der Waals surface area contributed by atoms with Crippen molar-refractivity contribution in [1.29, 1.82) is 0 Å². The fourth-order valence-corrected chi connectivity index (χ4v) is 0. The molecular weight excluding hydrogens is 198 g/mol. The summed E-state index contributed by atoms with van der Waals surface area (Å²) in [4.78, 5) is 0. The van der Waals surface area contributed by atoms with Crippen LogP contribution < -0.4 is 0 Å². The van der Waals surface area contributed by atoms with Crippen LogP contribution in [0.4, 0.5) is 0 Å². The predicted octanol–water partition coefficient (Wildman–Crippen LogP) is -0.530. The van der Waals surface area contributed by atoms with Gasteiger partial charge in [0.05, 0.1) is 0 Å². The summed E-state index contributed by atoms with van der Waals surface area (Å²) in [7, 11) is 0. The van der Waals surface area contributed by atoms with Crippen molar-refractivity contribution in [3.8, 4) is 0 Å². The van der Waals surface area contributed by atoms with Crippen molar-refractivity contribution in [2.24, 2.45) is 0 Å². The molecule has 0 saturated heterocycles. The molecule has 0 amide bonds. The van der Waals surface area contributed by atoms with E-state index in [9.17, 15) is 0 Å². The van der Waals surface area contributed by atoms with E-state index in [2.05, 4.69) is 0 Å². The molecule has 0 rings (SSSR count). The van der Waals surface area contributed by atoms with Crippen molar-refractivity contribution in [3.63, 3.8) is 0 Å². The molecule has 0 aliphatic carbocycles. The molecule has 4 heavy (non-hydrogen) atoms. The smallest absolute Gasteiger partial charge is 0 e. The maximum absolute atomic E-state index is 0. The Morgan fingerprint density at radius 3 is 0.500 bits per heavy atom. The summed E-state index contributed by atoms with van der Waals surface area (Å²) in [6.45, 7) is 0. The number of hydrogen-bond acceptors (Lipinski definition) is 3. The van der Waals surface area contributed by atoms with Crippen LogP contribution in [0.2, 0.25) is 0 Å². The van der Waals surface area contributed by atoms with Crippen LogP contribution in [0.3, 0.4) is 0 Å². The first-order valence-corrected chi connectivity index (χ1v) is 0. The van der Waals surface area contributed by atoms with Crippen molar-refractivity contribution in [2.45, 2.75) is 0 Å². The summed E-state index contributed by atoms with van der Waals surface area (Å²) in [5, 5.41) is 0. The zero-order valence-corrected chi connectivity index (χ0v) is 4.37. The standard InChI is InChI=1S/3H2O.Sm/h3*1H2;/p-3. The molecule has 0 unspecified atom stereocenters. The Labute approximate surface area is 56.4 Å². The van der Waals surface area contributed by atoms with Gasteiger partial charge in [0.1, 0.15) is 0 Å². The van der Waals surface area contributed by atoms with E-state index >= 15 is 0 Å². The first kappa shape index (κ1) is 62.6. The summed E-state index contributed by atoms with van der Waals surface area (Å²) in [5.74, 6) is 0. The summed E-state index contributed by atoms with van der Waals surface area (Å²) < 4.78 is 0. The van der Waals surface area contributed by atoms with E-state index < -0.39 is 0 Å². The van der Waals surface area contributed by atoms with Crippen LogP contribution in [0.5, 0.6) is 0 Å². The molecule has 4 heteroatoms. The van der Waals surface area contributed by atoms with E-state index in [0.717, 1.165) is 0 Å².